The molecule has 2 rings (SSSR count). The van der Waals surface area contributed by atoms with Crippen LogP contribution in [-0.2, 0) is 6.54 Å². The third-order valence-electron chi connectivity index (χ3n) is 3.71. The van der Waals surface area contributed by atoms with Crippen LogP contribution in [0, 0.1) is 5.92 Å². The van der Waals surface area contributed by atoms with Crippen LogP contribution in [0.2, 0.25) is 0 Å². The van der Waals surface area contributed by atoms with E-state index >= 15 is 0 Å². The Morgan fingerprint density at radius 2 is 1.42 bits per heavy atom. The van der Waals surface area contributed by atoms with Gasteiger partial charge >= 0.3 is 0 Å². The van der Waals surface area contributed by atoms with Gasteiger partial charge in [-0.1, -0.05) is 32.9 Å². The first-order chi connectivity index (χ1) is 11.7. The molecule has 0 heterocycles. The van der Waals surface area contributed by atoms with Crippen LogP contribution in [0.25, 0.3) is 0 Å². The Morgan fingerprint density at radius 3 is 2.00 bits per heavy atom. The molecule has 0 aliphatic carbocycles. The van der Waals surface area contributed by atoms with E-state index in [-0.39, 0.29) is 0 Å². The van der Waals surface area contributed by atoms with Crippen LogP contribution in [0.15, 0.2) is 48.5 Å². The smallest absolute Gasteiger partial charge is 0.119 e. The monoisotopic (exact) mass is 327 g/mol. The molecule has 1 N–H and O–H groups in total. The van der Waals surface area contributed by atoms with Gasteiger partial charge in [0.15, 0.2) is 0 Å². The Hall–Kier alpha value is -2.16. The van der Waals surface area contributed by atoms with Gasteiger partial charge in [-0.15, -0.1) is 0 Å². The van der Waals surface area contributed by atoms with Crippen LogP contribution in [-0.4, -0.2) is 13.2 Å². The maximum absolute atomic E-state index is 5.74. The zero-order valence-electron chi connectivity index (χ0n) is 15.0. The number of nitrogens with one attached hydrogen (secondary N) is 1. The van der Waals surface area contributed by atoms with E-state index in [1.54, 1.807) is 0 Å². The average molecular weight is 327 g/mol. The van der Waals surface area contributed by atoms with E-state index in [1.165, 1.54) is 5.56 Å². The van der Waals surface area contributed by atoms with Crippen LogP contribution in [0.3, 0.4) is 0 Å². The summed E-state index contributed by atoms with van der Waals surface area (Å²) in [4.78, 5) is 0. The molecule has 0 fully saturated rings. The lowest BCUT2D eigenvalue weighted by molar-refractivity contribution is 0.289. The molecule has 3 heteroatoms. The molecule has 0 radical (unpaired) electrons. The standard InChI is InChI=1S/C21H29NO2/c1-4-14-23-20-9-5-18(6-10-20)16-22-19-7-11-21(12-8-19)24-15-13-17(2)3/h5-12,17,22H,4,13-16H2,1-3H3. The van der Waals surface area contributed by atoms with Crippen LogP contribution >= 0.6 is 0 Å². The van der Waals surface area contributed by atoms with Crippen molar-refractivity contribution in [3.8, 4) is 11.5 Å². The summed E-state index contributed by atoms with van der Waals surface area (Å²) in [5.74, 6) is 2.53. The minimum absolute atomic E-state index is 0.671. The molecule has 0 atom stereocenters. The zero-order valence-corrected chi connectivity index (χ0v) is 15.0. The minimum Gasteiger partial charge on any atom is -0.494 e. The summed E-state index contributed by atoms with van der Waals surface area (Å²) in [6.45, 7) is 8.86. The lowest BCUT2D eigenvalue weighted by Gasteiger charge is -2.10. The molecule has 24 heavy (non-hydrogen) atoms. The van der Waals surface area contributed by atoms with Crippen molar-refractivity contribution in [3.05, 3.63) is 54.1 Å². The molecule has 2 aromatic rings. The highest BCUT2D eigenvalue weighted by Gasteiger charge is 1.99. The number of rotatable bonds is 10. The first-order valence-electron chi connectivity index (χ1n) is 8.86. The number of benzene rings is 2. The van der Waals surface area contributed by atoms with Gasteiger partial charge in [-0.3, -0.25) is 0 Å². The van der Waals surface area contributed by atoms with Crippen LogP contribution in [0.4, 0.5) is 5.69 Å². The van der Waals surface area contributed by atoms with E-state index in [2.05, 4.69) is 50.4 Å². The third kappa shape index (κ3) is 6.53. The Kier molecular flexibility index (Phi) is 7.47. The van der Waals surface area contributed by atoms with E-state index in [4.69, 9.17) is 9.47 Å². The van der Waals surface area contributed by atoms with Gasteiger partial charge in [0.2, 0.25) is 0 Å². The van der Waals surface area contributed by atoms with Crippen molar-refractivity contribution in [2.24, 2.45) is 5.92 Å². The van der Waals surface area contributed by atoms with Gasteiger partial charge in [-0.25, -0.2) is 0 Å². The van der Waals surface area contributed by atoms with Gasteiger partial charge in [0, 0.05) is 12.2 Å². The zero-order chi connectivity index (χ0) is 17.2. The Bertz CT molecular complexity index is 576. The van der Waals surface area contributed by atoms with E-state index in [9.17, 15) is 0 Å². The summed E-state index contributed by atoms with van der Waals surface area (Å²) in [6.07, 6.45) is 2.11. The number of ether oxygens (including phenoxy) is 2. The SMILES string of the molecule is CCCOc1ccc(CNc2ccc(OCCC(C)C)cc2)cc1. The highest BCUT2D eigenvalue weighted by molar-refractivity contribution is 5.47. The van der Waals surface area contributed by atoms with Crippen molar-refractivity contribution in [1.82, 2.24) is 0 Å². The molecule has 0 bridgehead atoms. The predicted molar refractivity (Wildman–Crippen MR) is 101 cm³/mol. The molecule has 2 aromatic carbocycles. The molecule has 0 spiro atoms. The number of hydrogen-bond acceptors (Lipinski definition) is 3. The van der Waals surface area contributed by atoms with Crippen molar-refractivity contribution in [2.75, 3.05) is 18.5 Å². The summed E-state index contributed by atoms with van der Waals surface area (Å²) in [7, 11) is 0. The summed E-state index contributed by atoms with van der Waals surface area (Å²) in [6, 6.07) is 16.4. The van der Waals surface area contributed by atoms with Crippen molar-refractivity contribution in [3.63, 3.8) is 0 Å². The number of anilines is 1. The summed E-state index contributed by atoms with van der Waals surface area (Å²) in [5.41, 5.74) is 2.33. The Balaban J connectivity index is 1.77. The summed E-state index contributed by atoms with van der Waals surface area (Å²) < 4.78 is 11.3. The maximum Gasteiger partial charge on any atom is 0.119 e. The predicted octanol–water partition coefficient (Wildman–Crippen LogP) is 5.51. The molecule has 0 amide bonds. The molecular formula is C21H29NO2. The average Bonchev–Trinajstić information content (AvgIpc) is 2.60. The first-order valence-corrected chi connectivity index (χ1v) is 8.86. The fraction of sp³-hybridized carbons (Fsp3) is 0.429. The third-order valence-corrected chi connectivity index (χ3v) is 3.71. The molecule has 0 aliphatic rings. The lowest BCUT2D eigenvalue weighted by Crippen LogP contribution is -2.02. The molecule has 0 saturated heterocycles. The van der Waals surface area contributed by atoms with E-state index in [0.29, 0.717) is 5.92 Å². The maximum atomic E-state index is 5.74. The second-order valence-corrected chi connectivity index (χ2v) is 6.40. The fourth-order valence-corrected chi connectivity index (χ4v) is 2.21. The highest BCUT2D eigenvalue weighted by atomic mass is 16.5. The largest absolute Gasteiger partial charge is 0.494 e. The summed E-state index contributed by atoms with van der Waals surface area (Å²) >= 11 is 0. The van der Waals surface area contributed by atoms with Gasteiger partial charge < -0.3 is 14.8 Å². The van der Waals surface area contributed by atoms with E-state index in [1.807, 2.05) is 24.3 Å². The van der Waals surface area contributed by atoms with E-state index in [0.717, 1.165) is 49.8 Å². The quantitative estimate of drug-likeness (QED) is 0.624. The van der Waals surface area contributed by atoms with Crippen LogP contribution < -0.4 is 14.8 Å². The van der Waals surface area contributed by atoms with Crippen LogP contribution in [0.5, 0.6) is 11.5 Å². The molecule has 0 saturated carbocycles. The Labute approximate surface area is 146 Å². The summed E-state index contributed by atoms with van der Waals surface area (Å²) in [5, 5.41) is 3.43. The van der Waals surface area contributed by atoms with Gasteiger partial charge in [0.05, 0.1) is 13.2 Å². The van der Waals surface area contributed by atoms with Gasteiger partial charge in [-0.05, 0) is 60.7 Å². The van der Waals surface area contributed by atoms with Crippen molar-refractivity contribution in [1.29, 1.82) is 0 Å². The minimum atomic E-state index is 0.671. The molecule has 0 aromatic heterocycles. The first kappa shape index (κ1) is 18.2. The van der Waals surface area contributed by atoms with Crippen molar-refractivity contribution < 1.29 is 9.47 Å². The highest BCUT2D eigenvalue weighted by Crippen LogP contribution is 2.18. The van der Waals surface area contributed by atoms with Gasteiger partial charge in [-0.2, -0.15) is 0 Å². The van der Waals surface area contributed by atoms with E-state index < -0.39 is 0 Å². The topological polar surface area (TPSA) is 30.5 Å². The van der Waals surface area contributed by atoms with Gasteiger partial charge in [0.1, 0.15) is 11.5 Å². The lowest BCUT2D eigenvalue weighted by atomic mass is 10.1. The van der Waals surface area contributed by atoms with Crippen LogP contribution in [0.1, 0.15) is 39.2 Å². The number of hydrogen-bond donors (Lipinski definition) is 1. The molecule has 3 nitrogen and oxygen atoms in total. The molecule has 0 aliphatic heterocycles. The fourth-order valence-electron chi connectivity index (χ4n) is 2.21. The molecular weight excluding hydrogens is 298 g/mol. The normalized spacial score (nSPS) is 10.7. The van der Waals surface area contributed by atoms with Crippen molar-refractivity contribution >= 4 is 5.69 Å². The van der Waals surface area contributed by atoms with Crippen molar-refractivity contribution in [2.45, 2.75) is 40.2 Å². The molecule has 0 unspecified atom stereocenters. The van der Waals surface area contributed by atoms with Gasteiger partial charge in [0.25, 0.3) is 0 Å². The second-order valence-electron chi connectivity index (χ2n) is 6.40. The molecule has 130 valence electrons. The second kappa shape index (κ2) is 9.86. The Morgan fingerprint density at radius 1 is 0.833 bits per heavy atom.